The van der Waals surface area contributed by atoms with E-state index in [4.69, 9.17) is 9.47 Å². The molecule has 1 atom stereocenters. The number of ketones is 1. The van der Waals surface area contributed by atoms with Crippen LogP contribution in [0.3, 0.4) is 0 Å². The quantitative estimate of drug-likeness (QED) is 0.454. The Balaban J connectivity index is 0. The summed E-state index contributed by atoms with van der Waals surface area (Å²) in [5.41, 5.74) is 0. The average molecular weight is 375 g/mol. The van der Waals surface area contributed by atoms with E-state index in [1.165, 1.54) is 0 Å². The Morgan fingerprint density at radius 2 is 1.77 bits per heavy atom. The van der Waals surface area contributed by atoms with E-state index >= 15 is 0 Å². The van der Waals surface area contributed by atoms with Crippen molar-refractivity contribution < 1.29 is 26.7 Å². The van der Waals surface area contributed by atoms with Crippen LogP contribution in [-0.4, -0.2) is 56.1 Å². The minimum atomic E-state index is -0.0594. The number of carbonyl (C=O) groups excluding carboxylic acids is 3. The van der Waals surface area contributed by atoms with Gasteiger partial charge in [-0.15, -0.1) is 0 Å². The van der Waals surface area contributed by atoms with Gasteiger partial charge in [0, 0.05) is 40.6 Å². The van der Waals surface area contributed by atoms with Gasteiger partial charge in [-0.05, 0) is 26.2 Å². The molecule has 7 heteroatoms. The molecule has 1 fully saturated rings. The molecule has 2 amide bonds. The number of hydrogen-bond acceptors (Lipinski definition) is 5. The summed E-state index contributed by atoms with van der Waals surface area (Å²) in [7, 11) is 0. The first-order valence-electron chi connectivity index (χ1n) is 9.74. The first-order chi connectivity index (χ1) is 12.5. The van der Waals surface area contributed by atoms with Crippen LogP contribution >= 0.6 is 0 Å². The molecular formula is C19H38N2O5. The van der Waals surface area contributed by atoms with Gasteiger partial charge >= 0.3 is 0 Å². The van der Waals surface area contributed by atoms with Crippen LogP contribution in [0.25, 0.3) is 0 Å². The number of hydrogen-bond donors (Lipinski definition) is 2. The molecule has 0 spiro atoms. The fourth-order valence-electron chi connectivity index (χ4n) is 2.68. The Morgan fingerprint density at radius 3 is 2.42 bits per heavy atom. The largest absolute Gasteiger partial charge is 0.379 e. The van der Waals surface area contributed by atoms with Crippen molar-refractivity contribution in [3.63, 3.8) is 0 Å². The van der Waals surface area contributed by atoms with E-state index in [2.05, 4.69) is 10.6 Å². The smallest absolute Gasteiger partial charge is 0.222 e. The van der Waals surface area contributed by atoms with E-state index < -0.39 is 0 Å². The number of nitrogens with one attached hydrogen (secondary N) is 2. The summed E-state index contributed by atoms with van der Waals surface area (Å²) >= 11 is 0. The van der Waals surface area contributed by atoms with Crippen molar-refractivity contribution in [3.8, 4) is 0 Å². The molecule has 0 aromatic carbocycles. The van der Waals surface area contributed by atoms with Crippen molar-refractivity contribution in [1.82, 2.24) is 10.6 Å². The van der Waals surface area contributed by atoms with Crippen LogP contribution in [-0.2, 0) is 23.9 Å². The summed E-state index contributed by atoms with van der Waals surface area (Å²) in [5, 5.41) is 5.67. The second-order valence-electron chi connectivity index (χ2n) is 6.80. The monoisotopic (exact) mass is 374 g/mol. The Labute approximate surface area is 159 Å². The lowest BCUT2D eigenvalue weighted by Crippen LogP contribution is -2.46. The maximum Gasteiger partial charge on any atom is 0.222 e. The summed E-state index contributed by atoms with van der Waals surface area (Å²) in [4.78, 5) is 34.8. The summed E-state index contributed by atoms with van der Waals surface area (Å²) in [6.45, 7) is 7.44. The molecule has 1 aliphatic carbocycles. The summed E-state index contributed by atoms with van der Waals surface area (Å²) in [6, 6.07) is 0.125. The maximum absolute atomic E-state index is 11.8. The number of rotatable bonds is 14. The lowest BCUT2D eigenvalue weighted by atomic mass is 9.77. The first kappa shape index (κ1) is 22.6. The standard InChI is InChI=1S/C19H34N2O5.2H2/c1-4-14(3)26-10-7-18(23)20-8-11-25-9-6-19(24)21-16-12-15(13-16)17(22)5-2;;/h14-16H,4-13H2,1-3H3,(H,20,23)(H,21,24);2*1H. The molecule has 0 aromatic heterocycles. The Kier molecular flexibility index (Phi) is 11.1. The van der Waals surface area contributed by atoms with Crippen molar-refractivity contribution in [2.24, 2.45) is 5.92 Å². The Morgan fingerprint density at radius 1 is 1.08 bits per heavy atom. The number of carbonyl (C=O) groups is 3. The van der Waals surface area contributed by atoms with Crippen LogP contribution in [0.2, 0.25) is 0 Å². The van der Waals surface area contributed by atoms with Gasteiger partial charge in [0.05, 0.1) is 25.9 Å². The van der Waals surface area contributed by atoms with Gasteiger partial charge in [0.1, 0.15) is 5.78 Å². The third kappa shape index (κ3) is 9.29. The topological polar surface area (TPSA) is 93.7 Å². The van der Waals surface area contributed by atoms with Crippen molar-refractivity contribution in [2.75, 3.05) is 26.4 Å². The molecule has 154 valence electrons. The van der Waals surface area contributed by atoms with Gasteiger partial charge < -0.3 is 20.1 Å². The van der Waals surface area contributed by atoms with E-state index in [0.29, 0.717) is 45.6 Å². The fourth-order valence-corrected chi connectivity index (χ4v) is 2.68. The highest BCUT2D eigenvalue weighted by atomic mass is 16.5. The molecule has 26 heavy (non-hydrogen) atoms. The molecule has 0 heterocycles. The minimum absolute atomic E-state index is 0. The molecule has 0 aromatic rings. The highest BCUT2D eigenvalue weighted by molar-refractivity contribution is 5.82. The minimum Gasteiger partial charge on any atom is -0.379 e. The predicted octanol–water partition coefficient (Wildman–Crippen LogP) is 2.08. The normalized spacial score (nSPS) is 20.1. The zero-order valence-electron chi connectivity index (χ0n) is 16.3. The molecule has 7 nitrogen and oxygen atoms in total. The van der Waals surface area contributed by atoms with Crippen LogP contribution in [0.15, 0.2) is 0 Å². The zero-order chi connectivity index (χ0) is 19.4. The van der Waals surface area contributed by atoms with Gasteiger partial charge in [-0.1, -0.05) is 13.8 Å². The molecule has 1 aliphatic rings. The van der Waals surface area contributed by atoms with Crippen molar-refractivity contribution >= 4 is 17.6 Å². The molecular weight excluding hydrogens is 336 g/mol. The second kappa shape index (κ2) is 12.8. The van der Waals surface area contributed by atoms with E-state index in [1.807, 2.05) is 20.8 Å². The van der Waals surface area contributed by atoms with Crippen molar-refractivity contribution in [2.45, 2.75) is 71.4 Å². The summed E-state index contributed by atoms with van der Waals surface area (Å²) in [6.07, 6.45) is 3.82. The molecule has 0 bridgehead atoms. The lowest BCUT2D eigenvalue weighted by molar-refractivity contribution is -0.129. The van der Waals surface area contributed by atoms with Gasteiger partial charge in [0.25, 0.3) is 0 Å². The molecule has 2 N–H and O–H groups in total. The Hall–Kier alpha value is -1.47. The van der Waals surface area contributed by atoms with Crippen molar-refractivity contribution in [3.05, 3.63) is 0 Å². The van der Waals surface area contributed by atoms with Gasteiger partial charge in [-0.3, -0.25) is 14.4 Å². The molecule has 1 unspecified atom stereocenters. The van der Waals surface area contributed by atoms with Gasteiger partial charge in [-0.25, -0.2) is 0 Å². The molecule has 0 saturated heterocycles. The van der Waals surface area contributed by atoms with Crippen LogP contribution in [0.1, 0.15) is 62.1 Å². The SMILES string of the molecule is CCC(=O)C1CC(NC(=O)CCOCCNC(=O)CCOC(C)CC)C1.[HH].[HH]. The van der Waals surface area contributed by atoms with E-state index in [-0.39, 0.29) is 38.5 Å². The highest BCUT2D eigenvalue weighted by Crippen LogP contribution is 2.29. The third-order valence-electron chi connectivity index (χ3n) is 4.66. The summed E-state index contributed by atoms with van der Waals surface area (Å²) < 4.78 is 10.8. The van der Waals surface area contributed by atoms with E-state index in [9.17, 15) is 14.4 Å². The summed E-state index contributed by atoms with van der Waals surface area (Å²) in [5.74, 6) is 0.299. The van der Waals surface area contributed by atoms with Gasteiger partial charge in [0.2, 0.25) is 11.8 Å². The Bertz CT molecular complexity index is 460. The highest BCUT2D eigenvalue weighted by Gasteiger charge is 2.33. The number of Topliss-reactive ketones (excluding diaryl/α,β-unsaturated/α-hetero) is 1. The van der Waals surface area contributed by atoms with Gasteiger partial charge in [0.15, 0.2) is 0 Å². The predicted molar refractivity (Wildman–Crippen MR) is 103 cm³/mol. The first-order valence-corrected chi connectivity index (χ1v) is 9.74. The molecule has 0 radical (unpaired) electrons. The van der Waals surface area contributed by atoms with E-state index in [1.54, 1.807) is 0 Å². The van der Waals surface area contributed by atoms with E-state index in [0.717, 1.165) is 19.3 Å². The van der Waals surface area contributed by atoms with Crippen LogP contribution in [0, 0.1) is 5.92 Å². The lowest BCUT2D eigenvalue weighted by Gasteiger charge is -2.34. The number of amides is 2. The zero-order valence-corrected chi connectivity index (χ0v) is 16.3. The molecule has 0 aliphatic heterocycles. The number of ether oxygens (including phenoxy) is 2. The fraction of sp³-hybridized carbons (Fsp3) is 0.842. The van der Waals surface area contributed by atoms with Crippen molar-refractivity contribution in [1.29, 1.82) is 0 Å². The average Bonchev–Trinajstić information content (AvgIpc) is 2.59. The van der Waals surface area contributed by atoms with Gasteiger partial charge in [-0.2, -0.15) is 0 Å². The molecule has 1 rings (SSSR count). The van der Waals surface area contributed by atoms with Crippen LogP contribution in [0.5, 0.6) is 0 Å². The maximum atomic E-state index is 11.8. The third-order valence-corrected chi connectivity index (χ3v) is 4.66. The van der Waals surface area contributed by atoms with Crippen LogP contribution < -0.4 is 10.6 Å². The van der Waals surface area contributed by atoms with Crippen LogP contribution in [0.4, 0.5) is 0 Å². The molecule has 1 saturated carbocycles. The second-order valence-corrected chi connectivity index (χ2v) is 6.80.